The lowest BCUT2D eigenvalue weighted by Crippen LogP contribution is -2.29. The van der Waals surface area contributed by atoms with Crippen LogP contribution in [0.25, 0.3) is 11.0 Å². The van der Waals surface area contributed by atoms with E-state index >= 15 is 0 Å². The van der Waals surface area contributed by atoms with Crippen LogP contribution in [-0.2, 0) is 19.5 Å². The van der Waals surface area contributed by atoms with E-state index in [1.807, 2.05) is 36.6 Å². The molecule has 0 bridgehead atoms. The molecule has 2 aromatic heterocycles. The highest BCUT2D eigenvalue weighted by Gasteiger charge is 2.18. The molecule has 9 nitrogen and oxygen atoms in total. The molecule has 33 heavy (non-hydrogen) atoms. The van der Waals surface area contributed by atoms with Crippen LogP contribution in [0.2, 0.25) is 0 Å². The zero-order valence-corrected chi connectivity index (χ0v) is 18.4. The standard InChI is InChI=1S/C23H23BN6O3/c1-3-30-21(12-15(2)28-30)22(31)27-23-26-19-13-17(14-25)6-9-20(19)29(23)11-10-16-4-7-18(8-5-16)24(32)33/h4-9,12-13,32-33H,3,10-11H2,1-2H3,(H,26,27,31). The van der Waals surface area contributed by atoms with Crippen molar-refractivity contribution in [3.63, 3.8) is 0 Å². The van der Waals surface area contributed by atoms with E-state index in [1.165, 1.54) is 0 Å². The second-order valence-corrected chi connectivity index (χ2v) is 7.71. The van der Waals surface area contributed by atoms with Crippen LogP contribution in [0.1, 0.15) is 34.2 Å². The Balaban J connectivity index is 1.65. The van der Waals surface area contributed by atoms with E-state index in [4.69, 9.17) is 0 Å². The number of carbonyl (C=O) groups is 1. The molecule has 10 heteroatoms. The predicted octanol–water partition coefficient (Wildman–Crippen LogP) is 1.61. The molecule has 0 aliphatic rings. The minimum absolute atomic E-state index is 0.309. The zero-order chi connectivity index (χ0) is 23.5. The summed E-state index contributed by atoms with van der Waals surface area (Å²) in [7, 11) is -1.51. The van der Waals surface area contributed by atoms with Gasteiger partial charge in [-0.2, -0.15) is 10.4 Å². The highest BCUT2D eigenvalue weighted by atomic mass is 16.4. The van der Waals surface area contributed by atoms with Crippen LogP contribution in [-0.4, -0.2) is 42.4 Å². The van der Waals surface area contributed by atoms with Gasteiger partial charge in [-0.25, -0.2) is 4.98 Å². The fraction of sp³-hybridized carbons (Fsp3) is 0.217. The normalized spacial score (nSPS) is 10.9. The number of benzene rings is 2. The number of nitriles is 1. The number of hydrogen-bond acceptors (Lipinski definition) is 6. The maximum absolute atomic E-state index is 13.0. The lowest BCUT2D eigenvalue weighted by molar-refractivity contribution is 0.101. The van der Waals surface area contributed by atoms with Crippen LogP contribution in [0, 0.1) is 18.3 Å². The van der Waals surface area contributed by atoms with Gasteiger partial charge in [-0.1, -0.05) is 24.3 Å². The zero-order valence-electron chi connectivity index (χ0n) is 18.4. The minimum Gasteiger partial charge on any atom is -0.423 e. The summed E-state index contributed by atoms with van der Waals surface area (Å²) in [6.45, 7) is 4.84. The van der Waals surface area contributed by atoms with Crippen LogP contribution in [0.4, 0.5) is 5.95 Å². The van der Waals surface area contributed by atoms with Gasteiger partial charge in [-0.3, -0.25) is 14.8 Å². The van der Waals surface area contributed by atoms with Gasteiger partial charge < -0.3 is 14.6 Å². The van der Waals surface area contributed by atoms with E-state index in [2.05, 4.69) is 21.5 Å². The number of aromatic nitrogens is 4. The summed E-state index contributed by atoms with van der Waals surface area (Å²) in [5.74, 6) is 0.0739. The van der Waals surface area contributed by atoms with E-state index < -0.39 is 7.12 Å². The minimum atomic E-state index is -1.51. The molecule has 3 N–H and O–H groups in total. The van der Waals surface area contributed by atoms with Gasteiger partial charge in [0.15, 0.2) is 0 Å². The third kappa shape index (κ3) is 4.65. The number of aryl methyl sites for hydroxylation is 4. The summed E-state index contributed by atoms with van der Waals surface area (Å²) in [6.07, 6.45) is 0.627. The van der Waals surface area contributed by atoms with Gasteiger partial charge in [0.05, 0.1) is 28.4 Å². The molecular formula is C23H23BN6O3. The summed E-state index contributed by atoms with van der Waals surface area (Å²) in [5.41, 5.74) is 4.52. The summed E-state index contributed by atoms with van der Waals surface area (Å²) in [4.78, 5) is 17.6. The van der Waals surface area contributed by atoms with E-state index in [9.17, 15) is 20.1 Å². The predicted molar refractivity (Wildman–Crippen MR) is 125 cm³/mol. The van der Waals surface area contributed by atoms with Crippen molar-refractivity contribution in [3.8, 4) is 6.07 Å². The Morgan fingerprint density at radius 1 is 1.18 bits per heavy atom. The number of amides is 1. The number of carbonyl (C=O) groups excluding carboxylic acids is 1. The van der Waals surface area contributed by atoms with Crippen molar-refractivity contribution in [2.45, 2.75) is 33.4 Å². The monoisotopic (exact) mass is 442 g/mol. The molecule has 166 valence electrons. The maximum Gasteiger partial charge on any atom is 0.488 e. The van der Waals surface area contributed by atoms with Gasteiger partial charge in [0.25, 0.3) is 5.91 Å². The molecule has 4 aromatic rings. The second kappa shape index (κ2) is 9.28. The molecule has 0 unspecified atom stereocenters. The maximum atomic E-state index is 13.0. The van der Waals surface area contributed by atoms with Gasteiger partial charge in [-0.15, -0.1) is 0 Å². The summed E-state index contributed by atoms with van der Waals surface area (Å²) < 4.78 is 3.55. The van der Waals surface area contributed by atoms with E-state index in [0.29, 0.717) is 47.7 Å². The smallest absolute Gasteiger partial charge is 0.423 e. The highest BCUT2D eigenvalue weighted by molar-refractivity contribution is 6.58. The van der Waals surface area contributed by atoms with Crippen LogP contribution < -0.4 is 10.8 Å². The summed E-state index contributed by atoms with van der Waals surface area (Å²) in [5, 5.41) is 35.0. The van der Waals surface area contributed by atoms with Gasteiger partial charge >= 0.3 is 7.12 Å². The Labute approximate surface area is 191 Å². The molecule has 0 atom stereocenters. The molecule has 0 aliphatic heterocycles. The fourth-order valence-corrected chi connectivity index (χ4v) is 3.75. The number of anilines is 1. The van der Waals surface area contributed by atoms with E-state index in [-0.39, 0.29) is 5.91 Å². The Hall–Kier alpha value is -3.94. The molecular weight excluding hydrogens is 419 g/mol. The average molecular weight is 442 g/mol. The molecule has 0 fully saturated rings. The van der Waals surface area contributed by atoms with Gasteiger partial charge in [0, 0.05) is 13.1 Å². The van der Waals surface area contributed by atoms with Crippen LogP contribution >= 0.6 is 0 Å². The largest absolute Gasteiger partial charge is 0.488 e. The number of fused-ring (bicyclic) bond motifs is 1. The van der Waals surface area contributed by atoms with Crippen molar-refractivity contribution >= 4 is 35.5 Å². The van der Waals surface area contributed by atoms with Crippen molar-refractivity contribution in [2.24, 2.45) is 0 Å². The first kappa shape index (κ1) is 22.3. The lowest BCUT2D eigenvalue weighted by Gasteiger charge is -2.11. The van der Waals surface area contributed by atoms with E-state index in [1.54, 1.807) is 35.0 Å². The number of nitrogens with zero attached hydrogens (tertiary/aromatic N) is 5. The highest BCUT2D eigenvalue weighted by Crippen LogP contribution is 2.22. The number of imidazole rings is 1. The second-order valence-electron chi connectivity index (χ2n) is 7.71. The Bertz CT molecular complexity index is 1350. The first-order valence-corrected chi connectivity index (χ1v) is 10.6. The van der Waals surface area contributed by atoms with Gasteiger partial charge in [-0.05, 0) is 55.6 Å². The van der Waals surface area contributed by atoms with Crippen molar-refractivity contribution in [1.29, 1.82) is 5.26 Å². The van der Waals surface area contributed by atoms with Crippen molar-refractivity contribution in [2.75, 3.05) is 5.32 Å². The number of nitrogens with one attached hydrogen (secondary N) is 1. The van der Waals surface area contributed by atoms with Crippen molar-refractivity contribution in [3.05, 3.63) is 71.0 Å². The molecule has 1 amide bonds. The molecule has 4 rings (SSSR count). The first-order valence-electron chi connectivity index (χ1n) is 10.6. The van der Waals surface area contributed by atoms with Crippen LogP contribution in [0.15, 0.2) is 48.5 Å². The fourth-order valence-electron chi connectivity index (χ4n) is 3.75. The van der Waals surface area contributed by atoms with Crippen molar-refractivity contribution in [1.82, 2.24) is 19.3 Å². The topological polar surface area (TPSA) is 129 Å². The van der Waals surface area contributed by atoms with Crippen molar-refractivity contribution < 1.29 is 14.8 Å². The third-order valence-corrected chi connectivity index (χ3v) is 5.44. The summed E-state index contributed by atoms with van der Waals surface area (Å²) >= 11 is 0. The van der Waals surface area contributed by atoms with Crippen LogP contribution in [0.5, 0.6) is 0 Å². The molecule has 2 aromatic carbocycles. The van der Waals surface area contributed by atoms with Crippen LogP contribution in [0.3, 0.4) is 0 Å². The Kier molecular flexibility index (Phi) is 6.26. The third-order valence-electron chi connectivity index (χ3n) is 5.44. The molecule has 0 saturated heterocycles. The lowest BCUT2D eigenvalue weighted by atomic mass is 9.80. The number of rotatable bonds is 7. The molecule has 0 spiro atoms. The van der Waals surface area contributed by atoms with Gasteiger partial charge in [0.1, 0.15) is 5.69 Å². The van der Waals surface area contributed by atoms with Gasteiger partial charge in [0.2, 0.25) is 5.95 Å². The molecule has 0 saturated carbocycles. The van der Waals surface area contributed by atoms with E-state index in [0.717, 1.165) is 16.8 Å². The Morgan fingerprint density at radius 2 is 1.94 bits per heavy atom. The molecule has 0 radical (unpaired) electrons. The Morgan fingerprint density at radius 3 is 2.61 bits per heavy atom. The summed E-state index contributed by atoms with van der Waals surface area (Å²) in [6, 6.07) is 16.1. The first-order chi connectivity index (χ1) is 15.9. The average Bonchev–Trinajstić information content (AvgIpc) is 3.36. The SMILES string of the molecule is CCn1nc(C)cc1C(=O)Nc1nc2cc(C#N)ccc2n1CCc1ccc(B(O)O)cc1. The number of hydrogen-bond donors (Lipinski definition) is 3. The molecule has 2 heterocycles. The quantitative estimate of drug-likeness (QED) is 0.373. The molecule has 0 aliphatic carbocycles.